The molecule has 1 aliphatic heterocycles. The maximum atomic E-state index is 10.5. The van der Waals surface area contributed by atoms with Gasteiger partial charge in [-0.25, -0.2) is 0 Å². The fraction of sp³-hybridized carbons (Fsp3) is 0.615. The van der Waals surface area contributed by atoms with Crippen molar-refractivity contribution >= 4 is 33.2 Å². The molecule has 1 saturated heterocycles. The summed E-state index contributed by atoms with van der Waals surface area (Å²) in [5.41, 5.74) is 0. The van der Waals surface area contributed by atoms with Crippen molar-refractivity contribution in [2.75, 3.05) is 32.7 Å². The average Bonchev–Trinajstić information content (AvgIpc) is 2.67. The van der Waals surface area contributed by atoms with E-state index in [1.54, 1.807) is 0 Å². The van der Waals surface area contributed by atoms with Crippen molar-refractivity contribution in [3.63, 3.8) is 0 Å². The van der Waals surface area contributed by atoms with E-state index in [-0.39, 0.29) is 6.42 Å². The molecule has 0 aromatic carbocycles. The quantitative estimate of drug-likeness (QED) is 0.889. The molecule has 2 rings (SSSR count). The second-order valence-corrected chi connectivity index (χ2v) is 7.07. The van der Waals surface area contributed by atoms with E-state index in [1.165, 1.54) is 14.2 Å². The largest absolute Gasteiger partial charge is 0.481 e. The number of hydrogen-bond donors (Lipinski definition) is 1. The predicted octanol–water partition coefficient (Wildman–Crippen LogP) is 2.41. The van der Waals surface area contributed by atoms with Crippen LogP contribution in [-0.2, 0) is 11.3 Å². The van der Waals surface area contributed by atoms with E-state index in [4.69, 9.17) is 5.11 Å². The fourth-order valence-electron chi connectivity index (χ4n) is 2.24. The fourth-order valence-corrected chi connectivity index (χ4v) is 3.89. The molecule has 4 nitrogen and oxygen atoms in total. The highest BCUT2D eigenvalue weighted by Crippen LogP contribution is 2.27. The highest BCUT2D eigenvalue weighted by Gasteiger charge is 2.18. The van der Waals surface area contributed by atoms with E-state index in [0.717, 1.165) is 32.7 Å². The zero-order valence-electron chi connectivity index (χ0n) is 11.1. The first-order chi connectivity index (χ1) is 9.04. The number of carboxylic acids is 1. The monoisotopic (exact) mass is 346 g/mol. The number of hydrogen-bond acceptors (Lipinski definition) is 4. The maximum Gasteiger partial charge on any atom is 0.304 e. The number of aliphatic carboxylic acids is 1. The molecule has 0 atom stereocenters. The Kier molecular flexibility index (Phi) is 5.38. The first-order valence-electron chi connectivity index (χ1n) is 6.46. The van der Waals surface area contributed by atoms with Crippen LogP contribution >= 0.6 is 27.3 Å². The summed E-state index contributed by atoms with van der Waals surface area (Å²) < 4.78 is 1.20. The van der Waals surface area contributed by atoms with Gasteiger partial charge in [0.05, 0.1) is 6.42 Å². The van der Waals surface area contributed by atoms with Gasteiger partial charge in [0.1, 0.15) is 0 Å². The van der Waals surface area contributed by atoms with Crippen LogP contribution in [0.5, 0.6) is 0 Å². The van der Waals surface area contributed by atoms with Crippen LogP contribution in [-0.4, -0.2) is 53.6 Å². The van der Waals surface area contributed by atoms with Crippen molar-refractivity contribution < 1.29 is 9.90 Å². The minimum atomic E-state index is -0.707. The summed E-state index contributed by atoms with van der Waals surface area (Å²) in [6.07, 6.45) is 0.247. The van der Waals surface area contributed by atoms with Gasteiger partial charge in [0.2, 0.25) is 0 Å². The van der Waals surface area contributed by atoms with Gasteiger partial charge in [-0.1, -0.05) is 0 Å². The molecule has 1 N–H and O–H groups in total. The minimum absolute atomic E-state index is 0.247. The SMILES string of the molecule is Cc1sc(CN2CCN(CCC(=O)O)CC2)cc1Br. The predicted molar refractivity (Wildman–Crippen MR) is 80.7 cm³/mol. The summed E-state index contributed by atoms with van der Waals surface area (Å²) in [5, 5.41) is 8.68. The van der Waals surface area contributed by atoms with Crippen LogP contribution < -0.4 is 0 Å². The van der Waals surface area contributed by atoms with Gasteiger partial charge in [0.15, 0.2) is 0 Å². The van der Waals surface area contributed by atoms with Crippen LogP contribution in [0.3, 0.4) is 0 Å². The highest BCUT2D eigenvalue weighted by molar-refractivity contribution is 9.10. The second-order valence-electron chi connectivity index (χ2n) is 4.88. The molecule has 0 amide bonds. The lowest BCUT2D eigenvalue weighted by Crippen LogP contribution is -2.46. The Labute approximate surface area is 126 Å². The smallest absolute Gasteiger partial charge is 0.304 e. The summed E-state index contributed by atoms with van der Waals surface area (Å²) >= 11 is 5.40. The molecule has 106 valence electrons. The average molecular weight is 347 g/mol. The number of nitrogens with zero attached hydrogens (tertiary/aromatic N) is 2. The highest BCUT2D eigenvalue weighted by atomic mass is 79.9. The Morgan fingerprint density at radius 2 is 2.00 bits per heavy atom. The summed E-state index contributed by atoms with van der Waals surface area (Å²) in [6, 6.07) is 2.21. The first kappa shape index (κ1) is 15.0. The van der Waals surface area contributed by atoms with Gasteiger partial charge < -0.3 is 10.0 Å². The lowest BCUT2D eigenvalue weighted by Gasteiger charge is -2.34. The Bertz CT molecular complexity index is 422. The van der Waals surface area contributed by atoms with Crippen LogP contribution in [0.4, 0.5) is 0 Å². The molecule has 0 aliphatic carbocycles. The van der Waals surface area contributed by atoms with E-state index in [2.05, 4.69) is 38.7 Å². The number of carboxylic acid groups (broad SMARTS) is 1. The standard InChI is InChI=1S/C13H19BrN2O2S/c1-10-12(14)8-11(19-10)9-16-6-4-15(5-7-16)3-2-13(17)18/h8H,2-7,9H2,1H3,(H,17,18). The van der Waals surface area contributed by atoms with Gasteiger partial charge in [-0.05, 0) is 28.9 Å². The third kappa shape index (κ3) is 4.56. The van der Waals surface area contributed by atoms with Gasteiger partial charge in [-0.15, -0.1) is 11.3 Å². The van der Waals surface area contributed by atoms with E-state index in [1.807, 2.05) is 11.3 Å². The van der Waals surface area contributed by atoms with Crippen molar-refractivity contribution in [3.05, 3.63) is 20.3 Å². The van der Waals surface area contributed by atoms with Gasteiger partial charge >= 0.3 is 5.97 Å². The van der Waals surface area contributed by atoms with Crippen molar-refractivity contribution in [2.45, 2.75) is 19.9 Å². The number of halogens is 1. The van der Waals surface area contributed by atoms with Crippen LogP contribution in [0.25, 0.3) is 0 Å². The lowest BCUT2D eigenvalue weighted by atomic mass is 10.3. The molecule has 1 fully saturated rings. The van der Waals surface area contributed by atoms with Crippen molar-refractivity contribution in [1.29, 1.82) is 0 Å². The van der Waals surface area contributed by atoms with Crippen molar-refractivity contribution in [1.82, 2.24) is 9.80 Å². The molecule has 0 unspecified atom stereocenters. The third-order valence-electron chi connectivity index (χ3n) is 3.39. The molecule has 6 heteroatoms. The van der Waals surface area contributed by atoms with E-state index < -0.39 is 5.97 Å². The number of rotatable bonds is 5. The molecule has 0 saturated carbocycles. The molecular weight excluding hydrogens is 328 g/mol. The normalized spacial score (nSPS) is 17.8. The summed E-state index contributed by atoms with van der Waals surface area (Å²) in [5.74, 6) is -0.707. The molecule has 0 radical (unpaired) electrons. The zero-order chi connectivity index (χ0) is 13.8. The Balaban J connectivity index is 1.75. The zero-order valence-corrected chi connectivity index (χ0v) is 13.5. The molecule has 2 heterocycles. The van der Waals surface area contributed by atoms with Crippen LogP contribution in [0.15, 0.2) is 10.5 Å². The summed E-state index contributed by atoms with van der Waals surface area (Å²) in [7, 11) is 0. The summed E-state index contributed by atoms with van der Waals surface area (Å²) in [4.78, 5) is 17.9. The van der Waals surface area contributed by atoms with Crippen LogP contribution in [0, 0.1) is 6.92 Å². The van der Waals surface area contributed by atoms with E-state index >= 15 is 0 Å². The first-order valence-corrected chi connectivity index (χ1v) is 8.07. The lowest BCUT2D eigenvalue weighted by molar-refractivity contribution is -0.137. The molecular formula is C13H19BrN2O2S. The Morgan fingerprint density at radius 1 is 1.37 bits per heavy atom. The van der Waals surface area contributed by atoms with Gasteiger partial charge in [0.25, 0.3) is 0 Å². The van der Waals surface area contributed by atoms with Crippen molar-refractivity contribution in [3.8, 4) is 0 Å². The maximum absolute atomic E-state index is 10.5. The minimum Gasteiger partial charge on any atom is -0.481 e. The summed E-state index contributed by atoms with van der Waals surface area (Å²) in [6.45, 7) is 7.79. The number of carbonyl (C=O) groups is 1. The number of aryl methyl sites for hydroxylation is 1. The molecule has 0 spiro atoms. The van der Waals surface area contributed by atoms with Crippen LogP contribution in [0.1, 0.15) is 16.2 Å². The Morgan fingerprint density at radius 3 is 2.53 bits per heavy atom. The molecule has 1 aliphatic rings. The molecule has 1 aromatic heterocycles. The topological polar surface area (TPSA) is 43.8 Å². The van der Waals surface area contributed by atoms with E-state index in [0.29, 0.717) is 6.54 Å². The third-order valence-corrected chi connectivity index (χ3v) is 5.52. The molecule has 1 aromatic rings. The van der Waals surface area contributed by atoms with Crippen molar-refractivity contribution in [2.24, 2.45) is 0 Å². The van der Waals surface area contributed by atoms with Gasteiger partial charge in [-0.3, -0.25) is 9.69 Å². The Hall–Kier alpha value is -0.430. The second kappa shape index (κ2) is 6.83. The van der Waals surface area contributed by atoms with Gasteiger partial charge in [0, 0.05) is 53.5 Å². The van der Waals surface area contributed by atoms with E-state index in [9.17, 15) is 4.79 Å². The number of thiophene rings is 1. The molecule has 0 bridgehead atoms. The van der Waals surface area contributed by atoms with Gasteiger partial charge in [-0.2, -0.15) is 0 Å². The molecule has 19 heavy (non-hydrogen) atoms. The number of piperazine rings is 1. The van der Waals surface area contributed by atoms with Crippen LogP contribution in [0.2, 0.25) is 0 Å².